The van der Waals surface area contributed by atoms with Crippen LogP contribution in [0, 0.1) is 5.41 Å². The van der Waals surface area contributed by atoms with Crippen LogP contribution in [0.5, 0.6) is 0 Å². The molecule has 2 aromatic rings. The van der Waals surface area contributed by atoms with Crippen molar-refractivity contribution in [3.63, 3.8) is 0 Å². The van der Waals surface area contributed by atoms with E-state index in [1.165, 1.54) is 48.4 Å². The maximum atomic E-state index is 2.62. The van der Waals surface area contributed by atoms with Crippen molar-refractivity contribution in [2.45, 2.75) is 25.8 Å². The molecule has 1 saturated carbocycles. The third kappa shape index (κ3) is 2.03. The molecule has 19 heavy (non-hydrogen) atoms. The first-order valence-corrected chi connectivity index (χ1v) is 8.07. The van der Waals surface area contributed by atoms with E-state index in [9.17, 15) is 0 Å². The predicted octanol–water partition coefficient (Wildman–Crippen LogP) is 4.40. The number of likely N-dealkylation sites (tertiary alicyclic amines) is 1. The monoisotopic (exact) mass is 269 g/mol. The molecule has 2 heteroatoms. The molecule has 2 fully saturated rings. The van der Waals surface area contributed by atoms with E-state index in [2.05, 4.69) is 46.7 Å². The molecule has 0 amide bonds. The van der Waals surface area contributed by atoms with Gasteiger partial charge in [0.05, 0.1) is 0 Å². The molecule has 2 aliphatic rings. The molecule has 2 heterocycles. The minimum absolute atomic E-state index is 0.734. The molecule has 4 rings (SSSR count). The van der Waals surface area contributed by atoms with Crippen molar-refractivity contribution in [3.05, 3.63) is 47.3 Å². The van der Waals surface area contributed by atoms with E-state index in [1.807, 2.05) is 11.3 Å². The second-order valence-corrected chi connectivity index (χ2v) is 7.08. The number of benzene rings is 1. The second-order valence-electron chi connectivity index (χ2n) is 6.13. The van der Waals surface area contributed by atoms with Crippen LogP contribution in [0.1, 0.15) is 24.8 Å². The summed E-state index contributed by atoms with van der Waals surface area (Å²) in [6.45, 7) is 3.77. The van der Waals surface area contributed by atoms with Crippen molar-refractivity contribution in [1.29, 1.82) is 0 Å². The van der Waals surface area contributed by atoms with Gasteiger partial charge in [-0.2, -0.15) is 0 Å². The van der Waals surface area contributed by atoms with Gasteiger partial charge in [0, 0.05) is 24.5 Å². The second kappa shape index (κ2) is 4.46. The molecule has 0 radical (unpaired) electrons. The van der Waals surface area contributed by atoms with E-state index < -0.39 is 0 Å². The fraction of sp³-hybridized carbons (Fsp3) is 0.412. The van der Waals surface area contributed by atoms with Crippen LogP contribution in [-0.2, 0) is 6.54 Å². The Hall–Kier alpha value is -1.12. The van der Waals surface area contributed by atoms with Gasteiger partial charge in [-0.1, -0.05) is 36.8 Å². The molecule has 1 spiro atoms. The summed E-state index contributed by atoms with van der Waals surface area (Å²) in [6, 6.07) is 13.3. The van der Waals surface area contributed by atoms with Gasteiger partial charge < -0.3 is 0 Å². The maximum Gasteiger partial charge on any atom is 0.0345 e. The quantitative estimate of drug-likeness (QED) is 0.798. The Morgan fingerprint density at radius 3 is 2.58 bits per heavy atom. The van der Waals surface area contributed by atoms with Crippen LogP contribution in [-0.4, -0.2) is 18.0 Å². The van der Waals surface area contributed by atoms with E-state index in [1.54, 1.807) is 0 Å². The first kappa shape index (κ1) is 11.7. The summed E-state index contributed by atoms with van der Waals surface area (Å²) < 4.78 is 0. The zero-order chi connectivity index (χ0) is 12.7. The van der Waals surface area contributed by atoms with Gasteiger partial charge in [0.1, 0.15) is 0 Å². The number of hydrogen-bond acceptors (Lipinski definition) is 2. The molecule has 0 N–H and O–H groups in total. The fourth-order valence-electron chi connectivity index (χ4n) is 3.58. The summed E-state index contributed by atoms with van der Waals surface area (Å²) >= 11 is 1.84. The van der Waals surface area contributed by atoms with E-state index in [4.69, 9.17) is 0 Å². The SMILES string of the molecule is c1csc(-c2ccccc2CN2CC3(CCC3)C2)c1. The Labute approximate surface area is 118 Å². The van der Waals surface area contributed by atoms with Crippen molar-refractivity contribution in [1.82, 2.24) is 4.90 Å². The van der Waals surface area contributed by atoms with Gasteiger partial charge in [0.15, 0.2) is 0 Å². The molecule has 1 aliphatic heterocycles. The third-order valence-corrected chi connectivity index (χ3v) is 5.63. The van der Waals surface area contributed by atoms with Crippen LogP contribution < -0.4 is 0 Å². The van der Waals surface area contributed by atoms with Gasteiger partial charge >= 0.3 is 0 Å². The van der Waals surface area contributed by atoms with Gasteiger partial charge in [0.25, 0.3) is 0 Å². The van der Waals surface area contributed by atoms with Crippen LogP contribution in [0.2, 0.25) is 0 Å². The topological polar surface area (TPSA) is 3.24 Å². The van der Waals surface area contributed by atoms with Crippen LogP contribution in [0.3, 0.4) is 0 Å². The zero-order valence-electron chi connectivity index (χ0n) is 11.1. The van der Waals surface area contributed by atoms with Crippen LogP contribution >= 0.6 is 11.3 Å². The standard InChI is InChI=1S/C17H19NS/c1-2-6-15(16-7-3-10-19-16)14(5-1)11-18-12-17(13-18)8-4-9-17/h1-3,5-7,10H,4,8-9,11-13H2. The van der Waals surface area contributed by atoms with Crippen molar-refractivity contribution in [2.75, 3.05) is 13.1 Å². The minimum Gasteiger partial charge on any atom is -0.298 e. The normalized spacial score (nSPS) is 21.1. The summed E-state index contributed by atoms with van der Waals surface area (Å²) in [7, 11) is 0. The molecule has 0 bridgehead atoms. The Morgan fingerprint density at radius 1 is 1.05 bits per heavy atom. The lowest BCUT2D eigenvalue weighted by Crippen LogP contribution is -2.58. The molecular formula is C17H19NS. The van der Waals surface area contributed by atoms with Crippen molar-refractivity contribution in [3.8, 4) is 10.4 Å². The Morgan fingerprint density at radius 2 is 1.89 bits per heavy atom. The first-order chi connectivity index (χ1) is 9.35. The molecular weight excluding hydrogens is 250 g/mol. The van der Waals surface area contributed by atoms with E-state index in [0.717, 1.165) is 12.0 Å². The predicted molar refractivity (Wildman–Crippen MR) is 81.3 cm³/mol. The van der Waals surface area contributed by atoms with Gasteiger partial charge in [-0.25, -0.2) is 0 Å². The van der Waals surface area contributed by atoms with Crippen molar-refractivity contribution >= 4 is 11.3 Å². The lowest BCUT2D eigenvalue weighted by molar-refractivity contribution is -0.0644. The number of nitrogens with zero attached hydrogens (tertiary/aromatic N) is 1. The highest BCUT2D eigenvalue weighted by molar-refractivity contribution is 7.13. The van der Waals surface area contributed by atoms with Crippen molar-refractivity contribution in [2.24, 2.45) is 5.41 Å². The summed E-state index contributed by atoms with van der Waals surface area (Å²) in [5.74, 6) is 0. The third-order valence-electron chi connectivity index (χ3n) is 4.73. The largest absolute Gasteiger partial charge is 0.298 e. The Bertz CT molecular complexity index is 561. The van der Waals surface area contributed by atoms with E-state index >= 15 is 0 Å². The van der Waals surface area contributed by atoms with Gasteiger partial charge in [-0.15, -0.1) is 11.3 Å². The Kier molecular flexibility index (Phi) is 2.75. The molecule has 98 valence electrons. The zero-order valence-corrected chi connectivity index (χ0v) is 12.0. The smallest absolute Gasteiger partial charge is 0.0345 e. The molecule has 0 atom stereocenters. The maximum absolute atomic E-state index is 2.62. The van der Waals surface area contributed by atoms with E-state index in [-0.39, 0.29) is 0 Å². The summed E-state index contributed by atoms with van der Waals surface area (Å²) in [5, 5.41) is 2.17. The fourth-order valence-corrected chi connectivity index (χ4v) is 4.37. The molecule has 1 aliphatic carbocycles. The average molecular weight is 269 g/mol. The molecule has 0 unspecified atom stereocenters. The highest BCUT2D eigenvalue weighted by Gasteiger charge is 2.46. The number of thiophene rings is 1. The number of rotatable bonds is 3. The summed E-state index contributed by atoms with van der Waals surface area (Å²) in [6.07, 6.45) is 4.39. The Balaban J connectivity index is 1.52. The molecule has 1 saturated heterocycles. The summed E-state index contributed by atoms with van der Waals surface area (Å²) in [4.78, 5) is 4.01. The van der Waals surface area contributed by atoms with Crippen LogP contribution in [0.4, 0.5) is 0 Å². The number of hydrogen-bond donors (Lipinski definition) is 0. The highest BCUT2D eigenvalue weighted by Crippen LogP contribution is 2.48. The van der Waals surface area contributed by atoms with Gasteiger partial charge in [0.2, 0.25) is 0 Å². The van der Waals surface area contributed by atoms with Gasteiger partial charge in [-0.3, -0.25) is 4.90 Å². The minimum atomic E-state index is 0.734. The lowest BCUT2D eigenvalue weighted by Gasteiger charge is -2.56. The highest BCUT2D eigenvalue weighted by atomic mass is 32.1. The molecule has 1 nitrogen and oxygen atoms in total. The van der Waals surface area contributed by atoms with Crippen molar-refractivity contribution < 1.29 is 0 Å². The van der Waals surface area contributed by atoms with Gasteiger partial charge in [-0.05, 0) is 40.8 Å². The average Bonchev–Trinajstić information content (AvgIpc) is 2.85. The van der Waals surface area contributed by atoms with E-state index in [0.29, 0.717) is 0 Å². The first-order valence-electron chi connectivity index (χ1n) is 7.19. The lowest BCUT2D eigenvalue weighted by atomic mass is 9.63. The van der Waals surface area contributed by atoms with Crippen LogP contribution in [0.25, 0.3) is 10.4 Å². The van der Waals surface area contributed by atoms with Crippen LogP contribution in [0.15, 0.2) is 41.8 Å². The molecule has 1 aromatic carbocycles. The summed E-state index contributed by atoms with van der Waals surface area (Å²) in [5.41, 5.74) is 3.64. The molecule has 1 aromatic heterocycles.